The van der Waals surface area contributed by atoms with Crippen LogP contribution < -0.4 is 5.32 Å². The maximum absolute atomic E-state index is 7.12. The molecule has 0 aliphatic heterocycles. The van der Waals surface area contributed by atoms with Gasteiger partial charge in [0, 0.05) is 17.5 Å². The fraction of sp³-hybridized carbons (Fsp3) is 0.417. The van der Waals surface area contributed by atoms with E-state index in [1.807, 2.05) is 11.8 Å². The lowest BCUT2D eigenvalue weighted by molar-refractivity contribution is 0.977. The molecular formula is C12H19IN2S2. The van der Waals surface area contributed by atoms with Gasteiger partial charge in [-0.05, 0) is 19.4 Å². The van der Waals surface area contributed by atoms with Crippen LogP contribution in [-0.2, 0) is 0 Å². The van der Waals surface area contributed by atoms with Crippen molar-refractivity contribution in [3.05, 3.63) is 35.4 Å². The third kappa shape index (κ3) is 7.21. The van der Waals surface area contributed by atoms with Gasteiger partial charge >= 0.3 is 0 Å². The summed E-state index contributed by atoms with van der Waals surface area (Å²) in [4.78, 5) is 0. The number of aryl methyl sites for hydroxylation is 1. The predicted octanol–water partition coefficient (Wildman–Crippen LogP) is 3.86. The number of benzene rings is 1. The molecule has 1 aromatic rings. The average Bonchev–Trinajstić information content (AvgIpc) is 2.24. The minimum absolute atomic E-state index is 0. The van der Waals surface area contributed by atoms with Crippen LogP contribution in [0.2, 0.25) is 0 Å². The third-order valence-electron chi connectivity index (χ3n) is 2.27. The van der Waals surface area contributed by atoms with Crippen molar-refractivity contribution in [3.63, 3.8) is 0 Å². The van der Waals surface area contributed by atoms with Crippen molar-refractivity contribution in [2.75, 3.05) is 12.3 Å². The molecule has 0 amide bonds. The Balaban J connectivity index is 0.00000256. The Kier molecular flexibility index (Phi) is 9.17. The van der Waals surface area contributed by atoms with E-state index < -0.39 is 0 Å². The Morgan fingerprint density at radius 3 is 2.82 bits per heavy atom. The minimum Gasteiger partial charge on any atom is -0.364 e. The van der Waals surface area contributed by atoms with E-state index in [2.05, 4.69) is 56.1 Å². The Labute approximate surface area is 130 Å². The van der Waals surface area contributed by atoms with Gasteiger partial charge in [-0.3, -0.25) is 5.41 Å². The van der Waals surface area contributed by atoms with Gasteiger partial charge in [0.15, 0.2) is 5.17 Å². The predicted molar refractivity (Wildman–Crippen MR) is 92.2 cm³/mol. The molecule has 0 spiro atoms. The highest BCUT2D eigenvalue weighted by Crippen LogP contribution is 2.27. The Hall–Kier alpha value is 0.120. The fourth-order valence-electron chi connectivity index (χ4n) is 1.42. The number of nitrogens with one attached hydrogen (secondary N) is 2. The van der Waals surface area contributed by atoms with Crippen molar-refractivity contribution in [2.45, 2.75) is 19.1 Å². The molecule has 2 nitrogen and oxygen atoms in total. The molecular weight excluding hydrogens is 363 g/mol. The second-order valence-corrected chi connectivity index (χ2v) is 5.60. The molecule has 0 saturated heterocycles. The standard InChI is InChI=1S/C12H18N2S2.HI/c1-9-4-3-5-11(8-9)10(2)16-7-6-14-12(13)15;/h3-5,8,10H,6-7H2,1-2H3,(H3,13,14,15);1H. The van der Waals surface area contributed by atoms with Crippen LogP contribution in [-0.4, -0.2) is 17.5 Å². The average molecular weight is 382 g/mol. The molecule has 0 radical (unpaired) electrons. The van der Waals surface area contributed by atoms with Crippen LogP contribution in [0.1, 0.15) is 23.3 Å². The fourth-order valence-corrected chi connectivity index (χ4v) is 2.45. The highest BCUT2D eigenvalue weighted by atomic mass is 127. The van der Waals surface area contributed by atoms with Crippen LogP contribution >= 0.6 is 48.4 Å². The maximum Gasteiger partial charge on any atom is 0.150 e. The zero-order valence-electron chi connectivity index (χ0n) is 10.1. The number of thioether (sulfide) groups is 1. The first-order valence-electron chi connectivity index (χ1n) is 5.29. The Bertz CT molecular complexity index is 358. The topological polar surface area (TPSA) is 35.9 Å². The summed E-state index contributed by atoms with van der Waals surface area (Å²) >= 11 is 5.76. The van der Waals surface area contributed by atoms with Gasteiger partial charge in [-0.15, -0.1) is 36.6 Å². The summed E-state index contributed by atoms with van der Waals surface area (Å²) in [5, 5.41) is 10.7. The molecule has 2 N–H and O–H groups in total. The van der Waals surface area contributed by atoms with Crippen LogP contribution in [0.25, 0.3) is 0 Å². The first-order valence-corrected chi connectivity index (χ1v) is 6.78. The maximum atomic E-state index is 7.12. The van der Waals surface area contributed by atoms with E-state index in [4.69, 9.17) is 5.41 Å². The first kappa shape index (κ1) is 17.1. The Morgan fingerprint density at radius 2 is 2.24 bits per heavy atom. The van der Waals surface area contributed by atoms with Crippen molar-refractivity contribution in [1.29, 1.82) is 5.41 Å². The van der Waals surface area contributed by atoms with Gasteiger partial charge < -0.3 is 5.32 Å². The second-order valence-electron chi connectivity index (χ2n) is 3.70. The third-order valence-corrected chi connectivity index (χ3v) is 3.64. The summed E-state index contributed by atoms with van der Waals surface area (Å²) in [6, 6.07) is 8.61. The summed E-state index contributed by atoms with van der Waals surface area (Å²) in [5.74, 6) is 0.984. The molecule has 5 heteroatoms. The van der Waals surface area contributed by atoms with E-state index >= 15 is 0 Å². The molecule has 0 heterocycles. The molecule has 1 atom stereocenters. The number of thiol groups is 1. The van der Waals surface area contributed by atoms with Crippen LogP contribution in [0.4, 0.5) is 0 Å². The van der Waals surface area contributed by atoms with Gasteiger partial charge in [-0.25, -0.2) is 0 Å². The van der Waals surface area contributed by atoms with E-state index in [0.717, 1.165) is 12.3 Å². The highest BCUT2D eigenvalue weighted by molar-refractivity contribution is 14.0. The number of hydrogen-bond acceptors (Lipinski definition) is 2. The van der Waals surface area contributed by atoms with Crippen molar-refractivity contribution >= 4 is 53.5 Å². The van der Waals surface area contributed by atoms with Gasteiger partial charge in [0.2, 0.25) is 0 Å². The van der Waals surface area contributed by atoms with Gasteiger partial charge in [-0.2, -0.15) is 11.8 Å². The molecule has 0 bridgehead atoms. The monoisotopic (exact) mass is 382 g/mol. The van der Waals surface area contributed by atoms with Crippen LogP contribution in [0.15, 0.2) is 24.3 Å². The van der Waals surface area contributed by atoms with Crippen LogP contribution in [0.3, 0.4) is 0 Å². The molecule has 0 aromatic heterocycles. The van der Waals surface area contributed by atoms with Gasteiger partial charge in [0.05, 0.1) is 0 Å². The van der Waals surface area contributed by atoms with Crippen molar-refractivity contribution in [1.82, 2.24) is 5.32 Å². The van der Waals surface area contributed by atoms with Crippen LogP contribution in [0.5, 0.6) is 0 Å². The number of halogens is 1. The highest BCUT2D eigenvalue weighted by Gasteiger charge is 2.05. The lowest BCUT2D eigenvalue weighted by atomic mass is 10.1. The molecule has 0 fully saturated rings. The smallest absolute Gasteiger partial charge is 0.150 e. The quantitative estimate of drug-likeness (QED) is 0.238. The molecule has 1 unspecified atom stereocenters. The molecule has 0 aliphatic rings. The van der Waals surface area contributed by atoms with Crippen LogP contribution in [0, 0.1) is 12.3 Å². The molecule has 1 aromatic carbocycles. The SMILES string of the molecule is Cc1cccc(C(C)SCCNC(=N)S)c1.I. The first-order chi connectivity index (χ1) is 7.59. The van der Waals surface area contributed by atoms with Crippen molar-refractivity contribution in [3.8, 4) is 0 Å². The number of hydrogen-bond donors (Lipinski definition) is 3. The van der Waals surface area contributed by atoms with E-state index in [0.29, 0.717) is 5.25 Å². The number of amidine groups is 1. The lowest BCUT2D eigenvalue weighted by Gasteiger charge is -2.12. The van der Waals surface area contributed by atoms with Crippen molar-refractivity contribution in [2.24, 2.45) is 0 Å². The van der Waals surface area contributed by atoms with Gasteiger partial charge in [0.25, 0.3) is 0 Å². The van der Waals surface area contributed by atoms with E-state index in [1.54, 1.807) is 0 Å². The lowest BCUT2D eigenvalue weighted by Crippen LogP contribution is -2.20. The normalized spacial score (nSPS) is 11.5. The van der Waals surface area contributed by atoms with E-state index in [1.165, 1.54) is 11.1 Å². The molecule has 17 heavy (non-hydrogen) atoms. The summed E-state index contributed by atoms with van der Waals surface area (Å²) in [6.07, 6.45) is 0. The number of rotatable bonds is 5. The second kappa shape index (κ2) is 9.10. The minimum atomic E-state index is 0. The molecule has 96 valence electrons. The summed E-state index contributed by atoms with van der Waals surface area (Å²) in [5.41, 5.74) is 2.67. The summed E-state index contributed by atoms with van der Waals surface area (Å²) in [7, 11) is 0. The zero-order valence-corrected chi connectivity index (χ0v) is 14.1. The molecule has 1 rings (SSSR count). The molecule has 0 aliphatic carbocycles. The summed E-state index contributed by atoms with van der Waals surface area (Å²) in [6.45, 7) is 5.12. The molecule has 0 saturated carbocycles. The summed E-state index contributed by atoms with van der Waals surface area (Å²) < 4.78 is 0. The largest absolute Gasteiger partial charge is 0.364 e. The van der Waals surface area contributed by atoms with Gasteiger partial charge in [-0.1, -0.05) is 29.8 Å². The zero-order chi connectivity index (χ0) is 12.0. The van der Waals surface area contributed by atoms with Crippen molar-refractivity contribution < 1.29 is 0 Å². The van der Waals surface area contributed by atoms with E-state index in [9.17, 15) is 0 Å². The van der Waals surface area contributed by atoms with E-state index in [-0.39, 0.29) is 29.1 Å². The van der Waals surface area contributed by atoms with Gasteiger partial charge in [0.1, 0.15) is 0 Å². The Morgan fingerprint density at radius 1 is 1.53 bits per heavy atom.